The third-order valence-corrected chi connectivity index (χ3v) is 3.31. The summed E-state index contributed by atoms with van der Waals surface area (Å²) < 4.78 is 6.09. The molecule has 1 atom stereocenters. The van der Waals surface area contributed by atoms with E-state index in [1.165, 1.54) is 0 Å². The molecule has 0 aliphatic rings. The fourth-order valence-electron chi connectivity index (χ4n) is 0.945. The van der Waals surface area contributed by atoms with Gasteiger partial charge in [0.15, 0.2) is 5.82 Å². The molecule has 0 aromatic carbocycles. The first kappa shape index (κ1) is 9.82. The third kappa shape index (κ3) is 1.87. The Morgan fingerprint density at radius 3 is 2.93 bits per heavy atom. The lowest BCUT2D eigenvalue weighted by Gasteiger charge is -1.92. The minimum atomic E-state index is -0.198. The number of thiophene rings is 1. The van der Waals surface area contributed by atoms with Crippen molar-refractivity contribution in [2.24, 2.45) is 5.73 Å². The van der Waals surface area contributed by atoms with Crippen molar-refractivity contribution >= 4 is 27.3 Å². The molecular formula is C8H8BrN3OS. The van der Waals surface area contributed by atoms with Crippen molar-refractivity contribution in [2.75, 3.05) is 0 Å². The molecule has 4 nitrogen and oxygen atoms in total. The fourth-order valence-corrected chi connectivity index (χ4v) is 2.29. The van der Waals surface area contributed by atoms with Crippen molar-refractivity contribution < 1.29 is 4.52 Å². The maximum atomic E-state index is 5.62. The van der Waals surface area contributed by atoms with E-state index in [0.29, 0.717) is 11.7 Å². The van der Waals surface area contributed by atoms with Crippen LogP contribution in [-0.4, -0.2) is 10.1 Å². The molecule has 0 saturated heterocycles. The van der Waals surface area contributed by atoms with Crippen molar-refractivity contribution in [2.45, 2.75) is 13.0 Å². The van der Waals surface area contributed by atoms with Gasteiger partial charge in [-0.25, -0.2) is 0 Å². The Labute approximate surface area is 93.3 Å². The topological polar surface area (TPSA) is 64.9 Å². The van der Waals surface area contributed by atoms with E-state index >= 15 is 0 Å². The van der Waals surface area contributed by atoms with Crippen LogP contribution in [0.4, 0.5) is 0 Å². The summed E-state index contributed by atoms with van der Waals surface area (Å²) in [6.07, 6.45) is 0. The second-order valence-corrected chi connectivity index (χ2v) is 4.70. The van der Waals surface area contributed by atoms with Gasteiger partial charge in [-0.05, 0) is 28.9 Å². The van der Waals surface area contributed by atoms with Crippen molar-refractivity contribution in [3.63, 3.8) is 0 Å². The lowest BCUT2D eigenvalue weighted by atomic mass is 10.3. The molecule has 6 heteroatoms. The first-order chi connectivity index (χ1) is 6.66. The number of nitrogens with zero attached hydrogens (tertiary/aromatic N) is 2. The molecule has 0 bridgehead atoms. The summed E-state index contributed by atoms with van der Waals surface area (Å²) in [4.78, 5) is 5.12. The molecule has 1 unspecified atom stereocenters. The Balaban J connectivity index is 2.33. The molecule has 0 fully saturated rings. The summed E-state index contributed by atoms with van der Waals surface area (Å²) in [5.41, 5.74) is 5.62. The molecule has 2 aromatic rings. The largest absolute Gasteiger partial charge is 0.333 e. The highest BCUT2D eigenvalue weighted by Gasteiger charge is 2.12. The van der Waals surface area contributed by atoms with Crippen molar-refractivity contribution in [1.82, 2.24) is 10.1 Å². The molecule has 2 rings (SSSR count). The van der Waals surface area contributed by atoms with Crippen LogP contribution in [0.25, 0.3) is 10.8 Å². The molecule has 0 saturated carbocycles. The summed E-state index contributed by atoms with van der Waals surface area (Å²) in [7, 11) is 0. The van der Waals surface area contributed by atoms with Gasteiger partial charge in [0.05, 0.1) is 10.9 Å². The molecule has 14 heavy (non-hydrogen) atoms. The van der Waals surface area contributed by atoms with Crippen molar-refractivity contribution in [3.8, 4) is 10.8 Å². The molecule has 0 radical (unpaired) electrons. The van der Waals surface area contributed by atoms with Crippen molar-refractivity contribution in [3.05, 3.63) is 21.7 Å². The van der Waals surface area contributed by atoms with E-state index in [0.717, 1.165) is 9.35 Å². The zero-order valence-electron chi connectivity index (χ0n) is 7.40. The SMILES string of the molecule is CC(N)c1noc(-c2cc(Br)cs2)n1. The van der Waals surface area contributed by atoms with Crippen molar-refractivity contribution in [1.29, 1.82) is 0 Å². The maximum absolute atomic E-state index is 5.62. The molecule has 0 spiro atoms. The summed E-state index contributed by atoms with van der Waals surface area (Å²) in [6, 6.07) is 1.74. The van der Waals surface area contributed by atoms with Crippen LogP contribution in [0.5, 0.6) is 0 Å². The van der Waals surface area contributed by atoms with Crippen LogP contribution in [0.15, 0.2) is 20.4 Å². The molecule has 74 valence electrons. The summed E-state index contributed by atoms with van der Waals surface area (Å²) in [5.74, 6) is 1.05. The predicted octanol–water partition coefficient (Wildman–Crippen LogP) is 2.58. The van der Waals surface area contributed by atoms with Gasteiger partial charge in [0.25, 0.3) is 5.89 Å². The van der Waals surface area contributed by atoms with Crippen LogP contribution in [-0.2, 0) is 0 Å². The lowest BCUT2D eigenvalue weighted by molar-refractivity contribution is 0.419. The van der Waals surface area contributed by atoms with Gasteiger partial charge < -0.3 is 10.3 Å². The van der Waals surface area contributed by atoms with Gasteiger partial charge in [0, 0.05) is 9.85 Å². The normalized spacial score (nSPS) is 13.1. The highest BCUT2D eigenvalue weighted by Crippen LogP contribution is 2.28. The molecule has 2 heterocycles. The Morgan fingerprint density at radius 2 is 2.43 bits per heavy atom. The van der Waals surface area contributed by atoms with E-state index in [4.69, 9.17) is 10.3 Å². The highest BCUT2D eigenvalue weighted by molar-refractivity contribution is 9.10. The molecular weight excluding hydrogens is 266 g/mol. The van der Waals surface area contributed by atoms with Gasteiger partial charge in [0.1, 0.15) is 0 Å². The van der Waals surface area contributed by atoms with Crippen LogP contribution in [0.3, 0.4) is 0 Å². The highest BCUT2D eigenvalue weighted by atomic mass is 79.9. The van der Waals surface area contributed by atoms with Gasteiger partial charge in [-0.3, -0.25) is 0 Å². The zero-order chi connectivity index (χ0) is 10.1. The van der Waals surface area contributed by atoms with Crippen LogP contribution in [0, 0.1) is 0 Å². The predicted molar refractivity (Wildman–Crippen MR) is 57.9 cm³/mol. The van der Waals surface area contributed by atoms with Crippen LogP contribution < -0.4 is 5.73 Å². The zero-order valence-corrected chi connectivity index (χ0v) is 9.80. The number of hydrogen-bond acceptors (Lipinski definition) is 5. The van der Waals surface area contributed by atoms with Gasteiger partial charge >= 0.3 is 0 Å². The minimum absolute atomic E-state index is 0.198. The van der Waals surface area contributed by atoms with E-state index in [1.807, 2.05) is 18.4 Å². The van der Waals surface area contributed by atoms with Gasteiger partial charge in [-0.2, -0.15) is 4.98 Å². The molecule has 0 amide bonds. The maximum Gasteiger partial charge on any atom is 0.268 e. The van der Waals surface area contributed by atoms with E-state index in [1.54, 1.807) is 11.3 Å². The van der Waals surface area contributed by atoms with E-state index in [-0.39, 0.29) is 6.04 Å². The van der Waals surface area contributed by atoms with Gasteiger partial charge in [-0.15, -0.1) is 11.3 Å². The van der Waals surface area contributed by atoms with Gasteiger partial charge in [0.2, 0.25) is 0 Å². The van der Waals surface area contributed by atoms with Crippen LogP contribution in [0.1, 0.15) is 18.8 Å². The minimum Gasteiger partial charge on any atom is -0.333 e. The number of nitrogens with two attached hydrogens (primary N) is 1. The Hall–Kier alpha value is -0.720. The number of rotatable bonds is 2. The summed E-state index contributed by atoms with van der Waals surface area (Å²) in [5, 5.41) is 5.74. The third-order valence-electron chi connectivity index (χ3n) is 1.63. The molecule has 2 N–H and O–H groups in total. The van der Waals surface area contributed by atoms with Crippen LogP contribution >= 0.6 is 27.3 Å². The first-order valence-electron chi connectivity index (χ1n) is 4.00. The van der Waals surface area contributed by atoms with E-state index in [2.05, 4.69) is 26.1 Å². The Bertz CT molecular complexity index is 437. The van der Waals surface area contributed by atoms with Crippen LogP contribution in [0.2, 0.25) is 0 Å². The average Bonchev–Trinajstić information content (AvgIpc) is 2.70. The quantitative estimate of drug-likeness (QED) is 0.914. The monoisotopic (exact) mass is 273 g/mol. The Morgan fingerprint density at radius 1 is 1.64 bits per heavy atom. The van der Waals surface area contributed by atoms with Gasteiger partial charge in [-0.1, -0.05) is 5.16 Å². The fraction of sp³-hybridized carbons (Fsp3) is 0.250. The number of halogens is 1. The molecule has 2 aromatic heterocycles. The summed E-state index contributed by atoms with van der Waals surface area (Å²) in [6.45, 7) is 1.82. The number of aromatic nitrogens is 2. The lowest BCUT2D eigenvalue weighted by Crippen LogP contribution is -2.06. The number of hydrogen-bond donors (Lipinski definition) is 1. The van der Waals surface area contributed by atoms with E-state index in [9.17, 15) is 0 Å². The van der Waals surface area contributed by atoms with E-state index < -0.39 is 0 Å². The average molecular weight is 274 g/mol. The molecule has 0 aliphatic carbocycles. The second kappa shape index (κ2) is 3.80. The first-order valence-corrected chi connectivity index (χ1v) is 5.67. The second-order valence-electron chi connectivity index (χ2n) is 2.88. The Kier molecular flexibility index (Phi) is 2.66. The standard InChI is InChI=1S/C8H8BrN3OS/c1-4(10)7-11-8(13-12-7)6-2-5(9)3-14-6/h2-4H,10H2,1H3. The smallest absolute Gasteiger partial charge is 0.268 e. The summed E-state index contributed by atoms with van der Waals surface area (Å²) >= 11 is 4.90. The molecule has 0 aliphatic heterocycles.